The van der Waals surface area contributed by atoms with Gasteiger partial charge < -0.3 is 10.6 Å². The van der Waals surface area contributed by atoms with E-state index in [1.807, 2.05) is 30.3 Å². The summed E-state index contributed by atoms with van der Waals surface area (Å²) in [4.78, 5) is 11.8. The van der Waals surface area contributed by atoms with Crippen molar-refractivity contribution in [3.63, 3.8) is 0 Å². The van der Waals surface area contributed by atoms with Gasteiger partial charge in [0.05, 0.1) is 18.2 Å². The molecule has 5 heteroatoms. The highest BCUT2D eigenvalue weighted by Gasteiger charge is 2.02. The van der Waals surface area contributed by atoms with E-state index in [1.165, 1.54) is 0 Å². The van der Waals surface area contributed by atoms with Crippen LogP contribution >= 0.6 is 11.6 Å². The first-order valence-corrected chi connectivity index (χ1v) is 7.30. The molecule has 0 saturated carbocycles. The molecule has 112 valence electrons. The van der Waals surface area contributed by atoms with Gasteiger partial charge >= 0.3 is 0 Å². The zero-order valence-corrected chi connectivity index (χ0v) is 12.7. The Morgan fingerprint density at radius 3 is 2.77 bits per heavy atom. The minimum absolute atomic E-state index is 0.0932. The van der Waals surface area contributed by atoms with Crippen LogP contribution in [0.4, 0.5) is 5.69 Å². The van der Waals surface area contributed by atoms with Crippen LogP contribution in [0.3, 0.4) is 0 Å². The van der Waals surface area contributed by atoms with Crippen molar-refractivity contribution >= 4 is 23.2 Å². The second kappa shape index (κ2) is 8.06. The van der Waals surface area contributed by atoms with Gasteiger partial charge in [-0.3, -0.25) is 4.79 Å². The van der Waals surface area contributed by atoms with Gasteiger partial charge in [-0.05, 0) is 42.3 Å². The van der Waals surface area contributed by atoms with E-state index in [1.54, 1.807) is 18.2 Å². The lowest BCUT2D eigenvalue weighted by molar-refractivity contribution is -0.119. The molecule has 0 saturated heterocycles. The molecule has 2 N–H and O–H groups in total. The Balaban J connectivity index is 1.73. The molecule has 0 aliphatic heterocycles. The van der Waals surface area contributed by atoms with Crippen LogP contribution in [0, 0.1) is 11.3 Å². The van der Waals surface area contributed by atoms with Crippen molar-refractivity contribution < 1.29 is 4.79 Å². The highest BCUT2D eigenvalue weighted by Crippen LogP contribution is 2.11. The zero-order chi connectivity index (χ0) is 15.8. The summed E-state index contributed by atoms with van der Waals surface area (Å²) < 4.78 is 0. The van der Waals surface area contributed by atoms with E-state index in [2.05, 4.69) is 16.7 Å². The van der Waals surface area contributed by atoms with Crippen LogP contribution in [0.5, 0.6) is 0 Å². The monoisotopic (exact) mass is 313 g/mol. The molecule has 0 atom stereocenters. The number of carbonyl (C=O) groups is 1. The van der Waals surface area contributed by atoms with Crippen LogP contribution in [0.1, 0.15) is 11.1 Å². The van der Waals surface area contributed by atoms with E-state index in [4.69, 9.17) is 16.9 Å². The van der Waals surface area contributed by atoms with E-state index in [-0.39, 0.29) is 12.5 Å². The summed E-state index contributed by atoms with van der Waals surface area (Å²) in [5.74, 6) is -0.0932. The van der Waals surface area contributed by atoms with Gasteiger partial charge in [-0.2, -0.15) is 5.26 Å². The molecule has 0 unspecified atom stereocenters. The van der Waals surface area contributed by atoms with E-state index in [9.17, 15) is 4.79 Å². The molecular formula is C17H16ClN3O. The molecule has 0 heterocycles. The standard InChI is InChI=1S/C17H16ClN3O/c18-15-5-1-3-13(9-15)7-8-20-17(22)12-21-16-6-2-4-14(10-16)11-19/h1-6,9-10,21H,7-8,12H2,(H,20,22). The average molecular weight is 314 g/mol. The Morgan fingerprint density at radius 1 is 1.18 bits per heavy atom. The topological polar surface area (TPSA) is 64.9 Å². The van der Waals surface area contributed by atoms with Crippen molar-refractivity contribution in [3.05, 3.63) is 64.7 Å². The molecule has 0 spiro atoms. The minimum Gasteiger partial charge on any atom is -0.376 e. The minimum atomic E-state index is -0.0932. The number of carbonyl (C=O) groups excluding carboxylic acids is 1. The van der Waals surface area contributed by atoms with Crippen LogP contribution in [-0.4, -0.2) is 19.0 Å². The molecule has 4 nitrogen and oxygen atoms in total. The fourth-order valence-electron chi connectivity index (χ4n) is 1.98. The third-order valence-electron chi connectivity index (χ3n) is 3.07. The van der Waals surface area contributed by atoms with Crippen LogP contribution in [0.15, 0.2) is 48.5 Å². The molecule has 0 fully saturated rings. The Labute approximate surface area is 134 Å². The molecule has 0 bridgehead atoms. The average Bonchev–Trinajstić information content (AvgIpc) is 2.53. The van der Waals surface area contributed by atoms with Gasteiger partial charge in [0.1, 0.15) is 0 Å². The highest BCUT2D eigenvalue weighted by atomic mass is 35.5. The number of benzene rings is 2. The predicted molar refractivity (Wildman–Crippen MR) is 87.8 cm³/mol. The molecule has 0 radical (unpaired) electrons. The summed E-state index contributed by atoms with van der Waals surface area (Å²) in [5.41, 5.74) is 2.40. The van der Waals surface area contributed by atoms with Gasteiger partial charge in [-0.1, -0.05) is 29.8 Å². The summed E-state index contributed by atoms with van der Waals surface area (Å²) in [7, 11) is 0. The maximum atomic E-state index is 11.8. The lowest BCUT2D eigenvalue weighted by atomic mass is 10.1. The molecule has 0 aliphatic carbocycles. The fourth-order valence-corrected chi connectivity index (χ4v) is 2.20. The normalized spacial score (nSPS) is 9.82. The van der Waals surface area contributed by atoms with Gasteiger partial charge in [0, 0.05) is 17.3 Å². The van der Waals surface area contributed by atoms with E-state index in [0.717, 1.165) is 17.7 Å². The Morgan fingerprint density at radius 2 is 2.00 bits per heavy atom. The van der Waals surface area contributed by atoms with Crippen LogP contribution in [0.25, 0.3) is 0 Å². The summed E-state index contributed by atoms with van der Waals surface area (Å²) in [6.07, 6.45) is 0.732. The van der Waals surface area contributed by atoms with Gasteiger partial charge in [-0.15, -0.1) is 0 Å². The first kappa shape index (κ1) is 15.9. The number of hydrogen-bond acceptors (Lipinski definition) is 3. The highest BCUT2D eigenvalue weighted by molar-refractivity contribution is 6.30. The van der Waals surface area contributed by atoms with Crippen LogP contribution in [0.2, 0.25) is 5.02 Å². The number of halogens is 1. The Kier molecular flexibility index (Phi) is 5.81. The second-order valence-corrected chi connectivity index (χ2v) is 5.21. The number of nitriles is 1. The van der Waals surface area contributed by atoms with Gasteiger partial charge in [-0.25, -0.2) is 0 Å². The quantitative estimate of drug-likeness (QED) is 0.861. The van der Waals surface area contributed by atoms with Crippen molar-refractivity contribution in [1.82, 2.24) is 5.32 Å². The lowest BCUT2D eigenvalue weighted by Gasteiger charge is -2.08. The first-order chi connectivity index (χ1) is 10.7. The van der Waals surface area contributed by atoms with Crippen molar-refractivity contribution in [2.45, 2.75) is 6.42 Å². The number of hydrogen-bond donors (Lipinski definition) is 2. The molecule has 2 rings (SSSR count). The third kappa shape index (κ3) is 5.12. The second-order valence-electron chi connectivity index (χ2n) is 4.78. The zero-order valence-electron chi connectivity index (χ0n) is 12.0. The molecule has 2 aromatic carbocycles. The molecule has 1 amide bonds. The molecule has 0 aromatic heterocycles. The Bertz CT molecular complexity index is 694. The smallest absolute Gasteiger partial charge is 0.239 e. The lowest BCUT2D eigenvalue weighted by Crippen LogP contribution is -2.31. The molecule has 2 aromatic rings. The number of nitrogens with zero attached hydrogens (tertiary/aromatic N) is 1. The van der Waals surface area contributed by atoms with E-state index in [0.29, 0.717) is 17.1 Å². The fraction of sp³-hybridized carbons (Fsp3) is 0.176. The summed E-state index contributed by atoms with van der Waals surface area (Å²) in [6, 6.07) is 16.7. The van der Waals surface area contributed by atoms with Crippen molar-refractivity contribution in [2.24, 2.45) is 0 Å². The van der Waals surface area contributed by atoms with E-state index >= 15 is 0 Å². The summed E-state index contributed by atoms with van der Waals surface area (Å²) in [6.45, 7) is 0.726. The van der Waals surface area contributed by atoms with Crippen LogP contribution in [-0.2, 0) is 11.2 Å². The number of rotatable bonds is 6. The predicted octanol–water partition coefficient (Wildman–Crippen LogP) is 2.98. The maximum Gasteiger partial charge on any atom is 0.239 e. The number of amides is 1. The van der Waals surface area contributed by atoms with Gasteiger partial charge in [0.2, 0.25) is 5.91 Å². The molecular weight excluding hydrogens is 298 g/mol. The van der Waals surface area contributed by atoms with Gasteiger partial charge in [0.15, 0.2) is 0 Å². The Hall–Kier alpha value is -2.51. The van der Waals surface area contributed by atoms with Crippen LogP contribution < -0.4 is 10.6 Å². The summed E-state index contributed by atoms with van der Waals surface area (Å²) in [5, 5.41) is 15.3. The molecule has 0 aliphatic rings. The number of anilines is 1. The molecule has 22 heavy (non-hydrogen) atoms. The maximum absolute atomic E-state index is 11.8. The SMILES string of the molecule is N#Cc1cccc(NCC(=O)NCCc2cccc(Cl)c2)c1. The van der Waals surface area contributed by atoms with E-state index < -0.39 is 0 Å². The first-order valence-electron chi connectivity index (χ1n) is 6.92. The summed E-state index contributed by atoms with van der Waals surface area (Å²) >= 11 is 5.91. The number of nitrogens with one attached hydrogen (secondary N) is 2. The third-order valence-corrected chi connectivity index (χ3v) is 3.30. The van der Waals surface area contributed by atoms with Crippen molar-refractivity contribution in [2.75, 3.05) is 18.4 Å². The van der Waals surface area contributed by atoms with Gasteiger partial charge in [0.25, 0.3) is 0 Å². The van der Waals surface area contributed by atoms with Crippen molar-refractivity contribution in [1.29, 1.82) is 5.26 Å². The largest absolute Gasteiger partial charge is 0.376 e. The van der Waals surface area contributed by atoms with Crippen molar-refractivity contribution in [3.8, 4) is 6.07 Å².